The van der Waals surface area contributed by atoms with Crippen LogP contribution in [0.25, 0.3) is 0 Å². The number of carbonyl (C=O) groups excluding carboxylic acids is 5. The molecule has 10 atom stereocenters. The van der Waals surface area contributed by atoms with E-state index in [0.717, 1.165) is 6.92 Å². The molecule has 2 bridgehead atoms. The Hall–Kier alpha value is -3.03. The Morgan fingerprint density at radius 1 is 0.791 bits per heavy atom. The minimum Gasteiger partial charge on any atom is -0.462 e. The molecule has 4 rings (SSSR count). The van der Waals surface area contributed by atoms with Crippen LogP contribution in [0.4, 0.5) is 0 Å². The minimum absolute atomic E-state index is 0.0182. The van der Waals surface area contributed by atoms with Crippen molar-refractivity contribution in [3.63, 3.8) is 0 Å². The van der Waals surface area contributed by atoms with E-state index in [1.54, 1.807) is 27.7 Å². The number of hydrogen-bond acceptors (Lipinski definition) is 13. The topological polar surface area (TPSA) is 184 Å². The molecule has 2 N–H and O–H groups in total. The molecule has 0 radical (unpaired) electrons. The molecule has 4 aliphatic rings. The number of epoxide rings is 1. The average molecular weight is 611 g/mol. The summed E-state index contributed by atoms with van der Waals surface area (Å²) in [6.07, 6.45) is -8.19. The first kappa shape index (κ1) is 32.9. The number of esters is 5. The fourth-order valence-corrected chi connectivity index (χ4v) is 8.10. The molecule has 1 aliphatic heterocycles. The molecule has 240 valence electrons. The van der Waals surface area contributed by atoms with Crippen molar-refractivity contribution in [2.24, 2.45) is 16.7 Å². The van der Waals surface area contributed by atoms with E-state index in [4.69, 9.17) is 28.4 Å². The zero-order chi connectivity index (χ0) is 32.4. The van der Waals surface area contributed by atoms with Gasteiger partial charge >= 0.3 is 29.8 Å². The summed E-state index contributed by atoms with van der Waals surface area (Å²) in [5.74, 6) is -4.82. The summed E-state index contributed by atoms with van der Waals surface area (Å²) in [5, 5.41) is 24.4. The van der Waals surface area contributed by atoms with E-state index in [9.17, 15) is 34.2 Å². The van der Waals surface area contributed by atoms with Crippen molar-refractivity contribution in [1.82, 2.24) is 0 Å². The van der Waals surface area contributed by atoms with E-state index in [1.807, 2.05) is 0 Å². The molecule has 1 spiro atoms. The quantitative estimate of drug-likeness (QED) is 0.197. The minimum atomic E-state index is -2.05. The monoisotopic (exact) mass is 610 g/mol. The third-order valence-electron chi connectivity index (χ3n) is 9.97. The Morgan fingerprint density at radius 3 is 1.74 bits per heavy atom. The number of fused-ring (bicyclic) bond motifs is 4. The Labute approximate surface area is 250 Å². The van der Waals surface area contributed by atoms with Crippen molar-refractivity contribution >= 4 is 29.8 Å². The first-order valence-electron chi connectivity index (χ1n) is 14.4. The van der Waals surface area contributed by atoms with Crippen molar-refractivity contribution in [3.05, 3.63) is 11.1 Å². The van der Waals surface area contributed by atoms with Crippen LogP contribution in [0.2, 0.25) is 0 Å². The number of aliphatic hydroxyl groups excluding tert-OH is 1. The van der Waals surface area contributed by atoms with Crippen LogP contribution in [-0.2, 0) is 52.4 Å². The van der Waals surface area contributed by atoms with Crippen LogP contribution in [-0.4, -0.2) is 94.5 Å². The summed E-state index contributed by atoms with van der Waals surface area (Å²) in [4.78, 5) is 63.0. The van der Waals surface area contributed by atoms with Crippen LogP contribution in [0.5, 0.6) is 0 Å². The van der Waals surface area contributed by atoms with Gasteiger partial charge in [0, 0.05) is 58.8 Å². The fourth-order valence-electron chi connectivity index (χ4n) is 8.10. The van der Waals surface area contributed by atoms with Crippen molar-refractivity contribution < 1.29 is 62.6 Å². The highest BCUT2D eigenvalue weighted by atomic mass is 16.6. The van der Waals surface area contributed by atoms with Crippen molar-refractivity contribution in [3.8, 4) is 0 Å². The molecule has 2 saturated carbocycles. The lowest BCUT2D eigenvalue weighted by Crippen LogP contribution is -2.76. The molecule has 43 heavy (non-hydrogen) atoms. The summed E-state index contributed by atoms with van der Waals surface area (Å²) < 4.78 is 35.3. The van der Waals surface area contributed by atoms with Crippen LogP contribution >= 0.6 is 0 Å². The second kappa shape index (κ2) is 10.8. The van der Waals surface area contributed by atoms with Crippen LogP contribution in [0.1, 0.15) is 75.2 Å². The second-order valence-corrected chi connectivity index (χ2v) is 13.0. The van der Waals surface area contributed by atoms with Crippen molar-refractivity contribution in [1.29, 1.82) is 0 Å². The van der Waals surface area contributed by atoms with Crippen molar-refractivity contribution in [2.75, 3.05) is 6.61 Å². The molecule has 13 nitrogen and oxygen atoms in total. The Bertz CT molecular complexity index is 1250. The predicted molar refractivity (Wildman–Crippen MR) is 145 cm³/mol. The van der Waals surface area contributed by atoms with E-state index in [2.05, 4.69) is 0 Å². The van der Waals surface area contributed by atoms with Crippen LogP contribution in [0.3, 0.4) is 0 Å². The number of rotatable bonds is 5. The van der Waals surface area contributed by atoms with Gasteiger partial charge in [0.25, 0.3) is 0 Å². The zero-order valence-electron chi connectivity index (χ0n) is 26.0. The fraction of sp³-hybridized carbons (Fsp3) is 0.767. The molecule has 3 fully saturated rings. The van der Waals surface area contributed by atoms with Gasteiger partial charge in [0.15, 0.2) is 12.2 Å². The molecular weight excluding hydrogens is 568 g/mol. The highest BCUT2D eigenvalue weighted by Gasteiger charge is 2.79. The van der Waals surface area contributed by atoms with Gasteiger partial charge in [-0.2, -0.15) is 0 Å². The Morgan fingerprint density at radius 2 is 1.28 bits per heavy atom. The van der Waals surface area contributed by atoms with E-state index in [1.165, 1.54) is 27.7 Å². The van der Waals surface area contributed by atoms with Gasteiger partial charge in [-0.3, -0.25) is 24.0 Å². The highest BCUT2D eigenvalue weighted by molar-refractivity contribution is 5.70. The summed E-state index contributed by atoms with van der Waals surface area (Å²) in [6, 6.07) is 0. The van der Waals surface area contributed by atoms with Gasteiger partial charge in [-0.25, -0.2) is 0 Å². The molecule has 0 aromatic rings. The summed E-state index contributed by atoms with van der Waals surface area (Å²) in [5.41, 5.74) is -5.73. The second-order valence-electron chi connectivity index (χ2n) is 13.0. The Balaban J connectivity index is 2.19. The number of ether oxygens (including phenoxy) is 6. The molecular formula is C30H42O13. The van der Waals surface area contributed by atoms with E-state index < -0.39 is 94.4 Å². The van der Waals surface area contributed by atoms with Gasteiger partial charge in [0.2, 0.25) is 0 Å². The molecule has 0 aromatic carbocycles. The number of hydrogen-bond donors (Lipinski definition) is 2. The maximum Gasteiger partial charge on any atom is 0.303 e. The zero-order valence-corrected chi connectivity index (χ0v) is 26.0. The van der Waals surface area contributed by atoms with Crippen LogP contribution in [0.15, 0.2) is 11.1 Å². The third-order valence-corrected chi connectivity index (χ3v) is 9.97. The Kier molecular flexibility index (Phi) is 8.29. The lowest BCUT2D eigenvalue weighted by Gasteiger charge is -2.64. The van der Waals surface area contributed by atoms with Gasteiger partial charge in [0.05, 0.1) is 18.1 Å². The largest absolute Gasteiger partial charge is 0.462 e. The summed E-state index contributed by atoms with van der Waals surface area (Å²) in [6.45, 7) is 12.5. The predicted octanol–water partition coefficient (Wildman–Crippen LogP) is 1.29. The first-order valence-corrected chi connectivity index (χ1v) is 14.4. The molecule has 0 aromatic heterocycles. The van der Waals surface area contributed by atoms with Crippen LogP contribution < -0.4 is 0 Å². The van der Waals surface area contributed by atoms with Gasteiger partial charge in [0.1, 0.15) is 29.5 Å². The third kappa shape index (κ3) is 5.12. The average Bonchev–Trinajstić information content (AvgIpc) is 3.63. The standard InChI is InChI=1S/C30H42O13/c1-13-19(39-14(2)31)11-30(37)26(43-18(6)35)24-28(9,21(40-15(3)32)10-20(36)29(24)12-38-29)25(42-17(5)34)23(41-16(4)33)22(13)27(30,7)8/h19-21,23-26,36-37H,10-12H2,1-9H3/t19-,20-,21-,23+,24-,25-,26-,28+,29+,30+/m0/s1. The highest BCUT2D eigenvalue weighted by Crippen LogP contribution is 2.66. The maximum absolute atomic E-state index is 12.9. The van der Waals surface area contributed by atoms with Gasteiger partial charge < -0.3 is 38.6 Å². The molecule has 0 amide bonds. The van der Waals surface area contributed by atoms with Gasteiger partial charge in [-0.1, -0.05) is 20.8 Å². The van der Waals surface area contributed by atoms with Crippen molar-refractivity contribution in [2.45, 2.75) is 123 Å². The summed E-state index contributed by atoms with van der Waals surface area (Å²) in [7, 11) is 0. The maximum atomic E-state index is 12.9. The molecule has 13 heteroatoms. The van der Waals surface area contributed by atoms with E-state index >= 15 is 0 Å². The number of carbonyl (C=O) groups is 5. The van der Waals surface area contributed by atoms with Gasteiger partial charge in [-0.15, -0.1) is 0 Å². The lowest BCUT2D eigenvalue weighted by molar-refractivity contribution is -0.283. The number of aliphatic hydroxyl groups is 2. The van der Waals surface area contributed by atoms with Gasteiger partial charge in [-0.05, 0) is 18.1 Å². The molecule has 3 aliphatic carbocycles. The lowest BCUT2D eigenvalue weighted by atomic mass is 9.45. The molecule has 1 heterocycles. The van der Waals surface area contributed by atoms with E-state index in [0.29, 0.717) is 5.57 Å². The normalized spacial score (nSPS) is 41.1. The van der Waals surface area contributed by atoms with E-state index in [-0.39, 0.29) is 25.0 Å². The molecule has 0 unspecified atom stereocenters. The first-order chi connectivity index (χ1) is 19.7. The smallest absolute Gasteiger partial charge is 0.303 e. The molecule has 1 saturated heterocycles. The summed E-state index contributed by atoms with van der Waals surface area (Å²) >= 11 is 0. The van der Waals surface area contributed by atoms with Crippen LogP contribution in [0, 0.1) is 16.7 Å². The SMILES string of the molecule is CC(=O)O[C@H]1C[C@@]2(O)[C@@H](OC(C)=O)[C@@H]3[C@@]4(CO4)[C@@H](O)C[C@H](OC(C)=O)[C@@]3(C)[C@@H](OC(C)=O)[C@H](OC(C)=O)C(=C1C)C2(C)C.